The summed E-state index contributed by atoms with van der Waals surface area (Å²) in [6.07, 6.45) is -2.13. The summed E-state index contributed by atoms with van der Waals surface area (Å²) in [5.74, 6) is -0.995. The molecular weight excluding hydrogens is 544 g/mol. The standard InChI is InChI=1S/C24H26O16/c1-29-15-7-9-19(31-3)17(13-15)21(25)35-39-37-23(27)33-11-5-6-12-34-24(28)38-40-36-22(26)18-14-16(30-2)8-10-20(18)32-4/h7-10,13-14H,5-6,11-12H2,1-4H3. The van der Waals surface area contributed by atoms with Crippen LogP contribution in [0.2, 0.25) is 0 Å². The van der Waals surface area contributed by atoms with Gasteiger partial charge < -0.3 is 28.4 Å². The molecule has 0 aliphatic rings. The van der Waals surface area contributed by atoms with E-state index in [1.54, 1.807) is 12.1 Å². The van der Waals surface area contributed by atoms with E-state index in [4.69, 9.17) is 28.4 Å². The van der Waals surface area contributed by atoms with Crippen LogP contribution in [0.4, 0.5) is 9.59 Å². The molecule has 0 saturated carbocycles. The molecule has 0 aliphatic carbocycles. The molecule has 2 aromatic carbocycles. The van der Waals surface area contributed by atoms with Crippen molar-refractivity contribution in [2.75, 3.05) is 41.7 Å². The van der Waals surface area contributed by atoms with Crippen LogP contribution in [0, 0.1) is 0 Å². The zero-order valence-electron chi connectivity index (χ0n) is 21.8. The van der Waals surface area contributed by atoms with Crippen molar-refractivity contribution in [1.82, 2.24) is 0 Å². The summed E-state index contributed by atoms with van der Waals surface area (Å²) in [5, 5.41) is 8.26. The lowest BCUT2D eigenvalue weighted by Gasteiger charge is -2.09. The molecule has 0 heterocycles. The summed E-state index contributed by atoms with van der Waals surface area (Å²) < 4.78 is 29.5. The smallest absolute Gasteiger partial charge is 0.497 e. The third-order valence-corrected chi connectivity index (χ3v) is 4.66. The summed E-state index contributed by atoms with van der Waals surface area (Å²) >= 11 is 0. The predicted octanol–water partition coefficient (Wildman–Crippen LogP) is 3.51. The SMILES string of the molecule is COc1ccc(OC)c(C(=O)OOOC(=O)OCCCCOC(=O)OOOC(=O)c2cc(OC)ccc2OC)c1. The number of carbonyl (C=O) groups excluding carboxylic acids is 4. The number of benzene rings is 2. The molecule has 0 radical (unpaired) electrons. The van der Waals surface area contributed by atoms with Crippen molar-refractivity contribution in [3.8, 4) is 23.0 Å². The minimum atomic E-state index is -1.30. The molecule has 0 amide bonds. The van der Waals surface area contributed by atoms with E-state index in [0.717, 1.165) is 0 Å². The average molecular weight is 570 g/mol. The molecule has 0 aliphatic heterocycles. The van der Waals surface area contributed by atoms with E-state index in [1.165, 1.54) is 52.7 Å². The Morgan fingerprint density at radius 1 is 0.550 bits per heavy atom. The minimum Gasteiger partial charge on any atom is -0.497 e. The van der Waals surface area contributed by atoms with Crippen LogP contribution in [-0.4, -0.2) is 65.9 Å². The third-order valence-electron chi connectivity index (χ3n) is 4.66. The maximum Gasteiger partial charge on any atom is 0.543 e. The maximum absolute atomic E-state index is 12.1. The van der Waals surface area contributed by atoms with Crippen LogP contribution in [0.3, 0.4) is 0 Å². The highest BCUT2D eigenvalue weighted by atomic mass is 17.5. The zero-order chi connectivity index (χ0) is 29.3. The largest absolute Gasteiger partial charge is 0.543 e. The van der Waals surface area contributed by atoms with Crippen LogP contribution < -0.4 is 18.9 Å². The molecule has 0 spiro atoms. The van der Waals surface area contributed by atoms with Gasteiger partial charge in [-0.25, -0.2) is 29.0 Å². The highest BCUT2D eigenvalue weighted by Crippen LogP contribution is 2.25. The lowest BCUT2D eigenvalue weighted by molar-refractivity contribution is -0.452. The van der Waals surface area contributed by atoms with E-state index in [-0.39, 0.29) is 48.7 Å². The summed E-state index contributed by atoms with van der Waals surface area (Å²) in [6, 6.07) is 8.73. The number of ether oxygens (including phenoxy) is 6. The fourth-order valence-corrected chi connectivity index (χ4v) is 2.75. The summed E-state index contributed by atoms with van der Waals surface area (Å²) in [7, 11) is 5.49. The second kappa shape index (κ2) is 16.8. The Bertz CT molecular complexity index is 1060. The van der Waals surface area contributed by atoms with Gasteiger partial charge in [-0.1, -0.05) is 0 Å². The van der Waals surface area contributed by atoms with Gasteiger partial charge >= 0.3 is 24.2 Å². The number of unbranched alkanes of at least 4 members (excludes halogenated alkanes) is 1. The number of hydrogen-bond acceptors (Lipinski definition) is 16. The molecule has 0 atom stereocenters. The molecule has 16 heteroatoms. The van der Waals surface area contributed by atoms with Gasteiger partial charge in [-0.05, 0) is 49.2 Å². The third kappa shape index (κ3) is 10.1. The van der Waals surface area contributed by atoms with Crippen molar-refractivity contribution < 1.29 is 77.2 Å². The number of hydrogen-bond donors (Lipinski definition) is 0. The van der Waals surface area contributed by atoms with Gasteiger partial charge in [-0.3, -0.25) is 9.78 Å². The van der Waals surface area contributed by atoms with E-state index in [9.17, 15) is 19.2 Å². The van der Waals surface area contributed by atoms with Crippen LogP contribution in [0.15, 0.2) is 36.4 Å². The van der Waals surface area contributed by atoms with Crippen molar-refractivity contribution in [2.24, 2.45) is 0 Å². The minimum absolute atomic E-state index is 0.0435. The second-order valence-corrected chi connectivity index (χ2v) is 7.08. The van der Waals surface area contributed by atoms with Gasteiger partial charge in [0.1, 0.15) is 34.1 Å². The first kappa shape index (κ1) is 31.3. The Kier molecular flexibility index (Phi) is 13.1. The summed E-state index contributed by atoms with van der Waals surface area (Å²) in [4.78, 5) is 64.2. The first-order valence-electron chi connectivity index (χ1n) is 11.2. The van der Waals surface area contributed by atoms with Crippen molar-refractivity contribution >= 4 is 24.2 Å². The highest BCUT2D eigenvalue weighted by molar-refractivity contribution is 5.93. The van der Waals surface area contributed by atoms with Gasteiger partial charge in [0.2, 0.25) is 0 Å². The molecule has 40 heavy (non-hydrogen) atoms. The van der Waals surface area contributed by atoms with E-state index in [0.29, 0.717) is 11.5 Å². The van der Waals surface area contributed by atoms with Crippen LogP contribution in [0.5, 0.6) is 23.0 Å². The molecular formula is C24H26O16. The fourth-order valence-electron chi connectivity index (χ4n) is 2.75. The molecule has 2 aromatic rings. The van der Waals surface area contributed by atoms with Gasteiger partial charge in [-0.2, -0.15) is 0 Å². The molecule has 218 valence electrons. The Hall–Kier alpha value is -4.96. The van der Waals surface area contributed by atoms with Gasteiger partial charge in [0.05, 0.1) is 51.7 Å². The van der Waals surface area contributed by atoms with E-state index < -0.39 is 24.2 Å². The Balaban J connectivity index is 1.56. The van der Waals surface area contributed by atoms with Gasteiger partial charge in [0.15, 0.2) is 0 Å². The fraction of sp³-hybridized carbons (Fsp3) is 0.333. The van der Waals surface area contributed by atoms with E-state index in [2.05, 4.69) is 29.6 Å². The summed E-state index contributed by atoms with van der Waals surface area (Å²) in [6.45, 7) is -0.316. The van der Waals surface area contributed by atoms with Crippen LogP contribution >= 0.6 is 0 Å². The molecule has 16 nitrogen and oxygen atoms in total. The number of carbonyl (C=O) groups is 4. The molecule has 0 bridgehead atoms. The highest BCUT2D eigenvalue weighted by Gasteiger charge is 2.19. The van der Waals surface area contributed by atoms with E-state index in [1.807, 2.05) is 0 Å². The van der Waals surface area contributed by atoms with E-state index >= 15 is 0 Å². The van der Waals surface area contributed by atoms with Gasteiger partial charge in [-0.15, -0.1) is 0 Å². The number of rotatable bonds is 15. The van der Waals surface area contributed by atoms with Crippen molar-refractivity contribution in [3.05, 3.63) is 47.5 Å². The predicted molar refractivity (Wildman–Crippen MR) is 126 cm³/mol. The monoisotopic (exact) mass is 570 g/mol. The molecule has 0 aromatic heterocycles. The molecule has 0 saturated heterocycles. The molecule has 0 fully saturated rings. The first-order chi connectivity index (χ1) is 19.3. The van der Waals surface area contributed by atoms with Gasteiger partial charge in [0, 0.05) is 0 Å². The lowest BCUT2D eigenvalue weighted by Crippen LogP contribution is -2.14. The number of methoxy groups -OCH3 is 4. The second-order valence-electron chi connectivity index (χ2n) is 7.08. The van der Waals surface area contributed by atoms with Crippen LogP contribution in [0.25, 0.3) is 0 Å². The van der Waals surface area contributed by atoms with Crippen LogP contribution in [0.1, 0.15) is 33.6 Å². The van der Waals surface area contributed by atoms with Crippen molar-refractivity contribution in [1.29, 1.82) is 0 Å². The molecule has 0 unspecified atom stereocenters. The lowest BCUT2D eigenvalue weighted by atomic mass is 10.2. The van der Waals surface area contributed by atoms with Crippen LogP contribution in [-0.2, 0) is 39.1 Å². The topological polar surface area (TPSA) is 179 Å². The van der Waals surface area contributed by atoms with Crippen molar-refractivity contribution in [2.45, 2.75) is 12.8 Å². The Labute approximate surface area is 227 Å². The van der Waals surface area contributed by atoms with Gasteiger partial charge in [0.25, 0.3) is 0 Å². The average Bonchev–Trinajstić information content (AvgIpc) is 2.97. The Morgan fingerprint density at radius 2 is 0.950 bits per heavy atom. The Morgan fingerprint density at radius 3 is 1.30 bits per heavy atom. The molecule has 2 rings (SSSR count). The summed E-state index contributed by atoms with van der Waals surface area (Å²) in [5.41, 5.74) is -0.0870. The first-order valence-corrected chi connectivity index (χ1v) is 11.2. The quantitative estimate of drug-likeness (QED) is 0.131. The maximum atomic E-state index is 12.1. The molecule has 0 N–H and O–H groups in total. The normalized spacial score (nSPS) is 10.0. The van der Waals surface area contributed by atoms with Crippen molar-refractivity contribution in [3.63, 3.8) is 0 Å². The zero-order valence-corrected chi connectivity index (χ0v) is 21.8.